The van der Waals surface area contributed by atoms with Gasteiger partial charge in [0.1, 0.15) is 35.8 Å². The number of nitrogens with two attached hydrogens (primary N) is 2. The first kappa shape index (κ1) is 24.7. The summed E-state index contributed by atoms with van der Waals surface area (Å²) in [7, 11) is 0. The number of fused-ring (bicyclic) bond motifs is 6. The Labute approximate surface area is 293 Å². The van der Waals surface area contributed by atoms with Crippen molar-refractivity contribution in [2.24, 2.45) is 0 Å². The monoisotopic (exact) mass is 665 g/mol. The average molecular weight is 666 g/mol. The molecule has 256 valence electrons. The first-order valence-electron chi connectivity index (χ1n) is 19.8. The molecule has 0 saturated carbocycles. The van der Waals surface area contributed by atoms with Crippen LogP contribution in [-0.4, -0.2) is 62.6 Å². The van der Waals surface area contributed by atoms with E-state index in [2.05, 4.69) is 19.9 Å². The molecule has 0 fully saturated rings. The summed E-state index contributed by atoms with van der Waals surface area (Å²) in [6.07, 6.45) is -4.02. The molecule has 0 saturated heterocycles. The lowest BCUT2D eigenvalue weighted by Gasteiger charge is -2.21. The second kappa shape index (κ2) is 13.6. The van der Waals surface area contributed by atoms with Gasteiger partial charge in [0.05, 0.1) is 66.7 Å². The summed E-state index contributed by atoms with van der Waals surface area (Å²) in [6, 6.07) is 14.4. The smallest absolute Gasteiger partial charge is 0.152 e. The van der Waals surface area contributed by atoms with Crippen molar-refractivity contribution in [3.63, 3.8) is 0 Å². The van der Waals surface area contributed by atoms with Gasteiger partial charge in [-0.15, -0.1) is 0 Å². The number of pyridine rings is 2. The lowest BCUT2D eigenvalue weighted by Crippen LogP contribution is -2.27. The van der Waals surface area contributed by atoms with Gasteiger partial charge in [0.25, 0.3) is 0 Å². The van der Waals surface area contributed by atoms with Crippen LogP contribution in [0, 0.1) is 0 Å². The van der Waals surface area contributed by atoms with Gasteiger partial charge < -0.3 is 40.3 Å². The first-order chi connectivity index (χ1) is 25.8. The third-order valence-corrected chi connectivity index (χ3v) is 6.95. The Morgan fingerprint density at radius 2 is 1.12 bits per heavy atom. The van der Waals surface area contributed by atoms with Gasteiger partial charge in [-0.1, -0.05) is 36.4 Å². The summed E-state index contributed by atoms with van der Waals surface area (Å²) in [4.78, 5) is 17.3. The van der Waals surface area contributed by atoms with Gasteiger partial charge in [0, 0.05) is 14.9 Å². The zero-order valence-corrected chi connectivity index (χ0v) is 28.1. The Bertz CT molecular complexity index is 2450. The number of nitrogen functional groups attached to an aromatic ring is 2. The van der Waals surface area contributed by atoms with E-state index in [0.29, 0.717) is 33.0 Å². The molecule has 12 nitrogen and oxygen atoms in total. The highest BCUT2D eigenvalue weighted by Crippen LogP contribution is 2.31. The molecule has 12 heteroatoms. The van der Waals surface area contributed by atoms with Crippen molar-refractivity contribution < 1.29 is 32.0 Å². The Kier molecular flexibility index (Phi) is 7.02. The van der Waals surface area contributed by atoms with E-state index in [1.165, 1.54) is 18.4 Å². The summed E-state index contributed by atoms with van der Waals surface area (Å²) in [5.41, 5.74) is 12.5. The number of benzene rings is 2. The van der Waals surface area contributed by atoms with Crippen LogP contribution in [0.4, 0.5) is 11.6 Å². The van der Waals surface area contributed by atoms with E-state index >= 15 is 0 Å². The fourth-order valence-corrected chi connectivity index (χ4v) is 5.22. The number of aliphatic hydroxyl groups is 2. The van der Waals surface area contributed by atoms with E-state index in [9.17, 15) is 10.2 Å². The summed E-state index contributed by atoms with van der Waals surface area (Å²) in [6.45, 7) is 2.12. The van der Waals surface area contributed by atoms with Crippen LogP contribution in [0.15, 0.2) is 48.5 Å². The number of para-hydroxylation sites is 2. The highest BCUT2D eigenvalue weighted by atomic mass is 16.5. The summed E-state index contributed by atoms with van der Waals surface area (Å²) < 4.78 is 85.4. The SMILES string of the molecule is [2H]C(C)(C)OC([2H])([2H])c1nc2c(N)nc3ccccc3c2n1CC(C)(C)O.[2H]C([2H])(OC([2H])(C)C([2H])([2H])[2H])c1nc2c(N)nc3ccccc3c2n1CC(C)(C)O. The fraction of sp³-hybridized carbons (Fsp3) is 0.444. The highest BCUT2D eigenvalue weighted by molar-refractivity contribution is 6.07. The van der Waals surface area contributed by atoms with E-state index in [0.717, 1.165) is 12.3 Å². The van der Waals surface area contributed by atoms with Gasteiger partial charge in [-0.25, -0.2) is 19.9 Å². The minimum Gasteiger partial charge on any atom is -0.389 e. The van der Waals surface area contributed by atoms with Crippen molar-refractivity contribution >= 4 is 55.5 Å². The molecule has 0 radical (unpaired) electrons. The second-order valence-electron chi connectivity index (χ2n) is 13.0. The van der Waals surface area contributed by atoms with Gasteiger partial charge in [-0.05, 0) is 67.5 Å². The molecule has 2 aromatic carbocycles. The molecule has 1 unspecified atom stereocenters. The summed E-state index contributed by atoms with van der Waals surface area (Å²) >= 11 is 0. The van der Waals surface area contributed by atoms with Crippen LogP contribution in [0.3, 0.4) is 0 Å². The molecule has 0 bridgehead atoms. The molecule has 1 atom stereocenters. The number of rotatable bonds is 10. The molecular formula is C36H48N8O4. The number of hydrogen-bond acceptors (Lipinski definition) is 10. The molecule has 0 spiro atoms. The van der Waals surface area contributed by atoms with Crippen LogP contribution in [-0.2, 0) is 35.7 Å². The number of anilines is 2. The van der Waals surface area contributed by atoms with Gasteiger partial charge in [0.2, 0.25) is 0 Å². The third kappa shape index (κ3) is 7.84. The topological polar surface area (TPSA) is 172 Å². The molecule has 6 aromatic rings. The molecule has 6 N–H and O–H groups in total. The molecule has 0 aliphatic rings. The first-order valence-corrected chi connectivity index (χ1v) is 15.3. The normalized spacial score (nSPS) is 17.6. The molecule has 6 rings (SSSR count). The number of ether oxygens (including phenoxy) is 2. The highest BCUT2D eigenvalue weighted by Gasteiger charge is 2.24. The van der Waals surface area contributed by atoms with Crippen LogP contribution >= 0.6 is 0 Å². The predicted octanol–water partition coefficient (Wildman–Crippen LogP) is 5.73. The van der Waals surface area contributed by atoms with Crippen molar-refractivity contribution in [3.05, 3.63) is 60.2 Å². The van der Waals surface area contributed by atoms with E-state index in [1.54, 1.807) is 56.5 Å². The number of nitrogens with zero attached hydrogens (tertiary/aromatic N) is 6. The van der Waals surface area contributed by atoms with Crippen molar-refractivity contribution in [2.75, 3.05) is 11.5 Å². The number of hydrogen-bond donors (Lipinski definition) is 4. The van der Waals surface area contributed by atoms with Crippen LogP contribution in [0.25, 0.3) is 43.9 Å². The van der Waals surface area contributed by atoms with Gasteiger partial charge >= 0.3 is 0 Å². The molecule has 48 heavy (non-hydrogen) atoms. The molecule has 4 heterocycles. The Balaban J connectivity index is 0.000000219. The number of aromatic nitrogens is 6. The third-order valence-electron chi connectivity index (χ3n) is 6.95. The maximum Gasteiger partial charge on any atom is 0.152 e. The van der Waals surface area contributed by atoms with Gasteiger partial charge in [-0.3, -0.25) is 0 Å². The zero-order valence-electron chi connectivity index (χ0n) is 37.1. The fourth-order valence-electron chi connectivity index (χ4n) is 5.22. The summed E-state index contributed by atoms with van der Waals surface area (Å²) in [5.74, 6) is -0.155. The van der Waals surface area contributed by atoms with E-state index in [-0.39, 0.29) is 41.9 Å². The Morgan fingerprint density at radius 1 is 0.729 bits per heavy atom. The minimum absolute atomic E-state index is 0.0553. The minimum atomic E-state index is -2.90. The molecule has 0 aliphatic carbocycles. The van der Waals surface area contributed by atoms with Crippen LogP contribution in [0.1, 0.15) is 79.3 Å². The quantitative estimate of drug-likeness (QED) is 0.142. The molecule has 0 aliphatic heterocycles. The summed E-state index contributed by atoms with van der Waals surface area (Å²) in [5, 5.41) is 22.2. The van der Waals surface area contributed by atoms with E-state index in [4.69, 9.17) is 33.3 Å². The van der Waals surface area contributed by atoms with Crippen molar-refractivity contribution in [1.82, 2.24) is 29.1 Å². The maximum absolute atomic E-state index is 10.5. The van der Waals surface area contributed by atoms with Crippen molar-refractivity contribution in [3.8, 4) is 0 Å². The van der Waals surface area contributed by atoms with Crippen LogP contribution in [0.2, 0.25) is 0 Å². The largest absolute Gasteiger partial charge is 0.389 e. The molecule has 4 aromatic heterocycles. The van der Waals surface area contributed by atoms with E-state index < -0.39 is 43.3 Å². The lowest BCUT2D eigenvalue weighted by atomic mass is 10.1. The Hall–Kier alpha value is -4.36. The number of imidazole rings is 2. The van der Waals surface area contributed by atoms with Crippen LogP contribution in [0.5, 0.6) is 0 Å². The lowest BCUT2D eigenvalue weighted by molar-refractivity contribution is 0.0454. The Morgan fingerprint density at radius 3 is 1.50 bits per heavy atom. The maximum atomic E-state index is 10.5. The van der Waals surface area contributed by atoms with E-state index in [1.807, 2.05) is 24.3 Å². The predicted molar refractivity (Wildman–Crippen MR) is 191 cm³/mol. The standard InChI is InChI=1S/2C18H24N4O2/c2*1-11(2)24-9-14-21-15-16(22(14)10-18(3,4)23)12-7-5-6-8-13(12)20-17(15)19/h2*5-8,11,23H,9-10H2,1-4H3,(H2,19,20)/i1D3,9D2,11D;9D2,11D. The van der Waals surface area contributed by atoms with Crippen molar-refractivity contribution in [1.29, 1.82) is 0 Å². The molecular weight excluding hydrogens is 608 g/mol. The van der Waals surface area contributed by atoms with Crippen LogP contribution < -0.4 is 11.5 Å². The van der Waals surface area contributed by atoms with Crippen molar-refractivity contribution in [2.45, 2.75) is 105 Å². The molecule has 0 amide bonds. The van der Waals surface area contributed by atoms with Gasteiger partial charge in [-0.2, -0.15) is 0 Å². The average Bonchev–Trinajstić information content (AvgIpc) is 3.59. The van der Waals surface area contributed by atoms with Gasteiger partial charge in [0.15, 0.2) is 11.6 Å². The zero-order chi connectivity index (χ0) is 42.9. The second-order valence-corrected chi connectivity index (χ2v) is 13.0.